The number of nitrogens with two attached hydrogens (primary N) is 1. The van der Waals surface area contributed by atoms with Crippen LogP contribution in [0.15, 0.2) is 24.4 Å². The third kappa shape index (κ3) is 2.36. The summed E-state index contributed by atoms with van der Waals surface area (Å²) in [5.41, 5.74) is 7.59. The van der Waals surface area contributed by atoms with Crippen LogP contribution in [-0.4, -0.2) is 36.9 Å². The molecule has 7 heteroatoms. The summed E-state index contributed by atoms with van der Waals surface area (Å²) in [5.74, 6) is -0.0979. The van der Waals surface area contributed by atoms with Gasteiger partial charge in [-0.15, -0.1) is 0 Å². The van der Waals surface area contributed by atoms with Crippen molar-refractivity contribution >= 4 is 32.3 Å². The Morgan fingerprint density at radius 1 is 1.40 bits per heavy atom. The fourth-order valence-electron chi connectivity index (χ4n) is 2.50. The third-order valence-electron chi connectivity index (χ3n) is 3.52. The molecule has 0 aliphatic carbocycles. The lowest BCUT2D eigenvalue weighted by Gasteiger charge is -2.10. The summed E-state index contributed by atoms with van der Waals surface area (Å²) in [6.45, 7) is 0. The van der Waals surface area contributed by atoms with E-state index in [1.54, 1.807) is 24.4 Å². The summed E-state index contributed by atoms with van der Waals surface area (Å²) in [4.78, 5) is 15.2. The highest BCUT2D eigenvalue weighted by Gasteiger charge is 2.29. The molecule has 1 fully saturated rings. The summed E-state index contributed by atoms with van der Waals surface area (Å²) in [6.07, 6.45) is 2.09. The van der Waals surface area contributed by atoms with Gasteiger partial charge in [0.15, 0.2) is 9.84 Å². The summed E-state index contributed by atoms with van der Waals surface area (Å²) >= 11 is 0. The molecule has 106 valence electrons. The van der Waals surface area contributed by atoms with Crippen molar-refractivity contribution in [1.82, 2.24) is 10.3 Å². The van der Waals surface area contributed by atoms with Crippen LogP contribution in [-0.2, 0) is 9.84 Å². The first-order valence-electron chi connectivity index (χ1n) is 6.32. The number of rotatable bonds is 2. The van der Waals surface area contributed by atoms with Crippen LogP contribution in [0.2, 0.25) is 0 Å². The summed E-state index contributed by atoms with van der Waals surface area (Å²) in [6, 6.07) is 4.96. The number of nitrogens with one attached hydrogen (secondary N) is 2. The molecule has 1 unspecified atom stereocenters. The molecular formula is C13H15N3O3S. The quantitative estimate of drug-likeness (QED) is 0.707. The van der Waals surface area contributed by atoms with Gasteiger partial charge in [0, 0.05) is 28.8 Å². The van der Waals surface area contributed by atoms with E-state index in [0.717, 1.165) is 10.9 Å². The van der Waals surface area contributed by atoms with Crippen molar-refractivity contribution in [2.75, 3.05) is 17.2 Å². The second-order valence-electron chi connectivity index (χ2n) is 5.08. The van der Waals surface area contributed by atoms with Gasteiger partial charge in [-0.25, -0.2) is 8.42 Å². The van der Waals surface area contributed by atoms with Crippen molar-refractivity contribution in [3.63, 3.8) is 0 Å². The number of aromatic amines is 1. The van der Waals surface area contributed by atoms with Crippen molar-refractivity contribution in [2.45, 2.75) is 12.5 Å². The molecule has 3 rings (SSSR count). The average molecular weight is 293 g/mol. The Labute approximate surface area is 116 Å². The molecule has 1 aliphatic rings. The predicted octanol–water partition coefficient (Wildman–Crippen LogP) is 0.667. The zero-order valence-corrected chi connectivity index (χ0v) is 11.5. The first-order chi connectivity index (χ1) is 9.44. The molecular weight excluding hydrogens is 278 g/mol. The van der Waals surface area contributed by atoms with Gasteiger partial charge in [-0.3, -0.25) is 4.79 Å². The first-order valence-corrected chi connectivity index (χ1v) is 8.15. The third-order valence-corrected chi connectivity index (χ3v) is 5.29. The van der Waals surface area contributed by atoms with Crippen LogP contribution in [0.4, 0.5) is 5.69 Å². The molecule has 4 N–H and O–H groups in total. The number of sulfone groups is 1. The second-order valence-corrected chi connectivity index (χ2v) is 7.31. The number of aromatic nitrogens is 1. The predicted molar refractivity (Wildman–Crippen MR) is 77.2 cm³/mol. The molecule has 2 aromatic rings. The summed E-state index contributed by atoms with van der Waals surface area (Å²) < 4.78 is 22.8. The molecule has 2 heterocycles. The lowest BCUT2D eigenvalue weighted by atomic mass is 10.1. The van der Waals surface area contributed by atoms with Gasteiger partial charge in [0.1, 0.15) is 0 Å². The Hall–Kier alpha value is -2.02. The van der Waals surface area contributed by atoms with Crippen molar-refractivity contribution < 1.29 is 13.2 Å². The van der Waals surface area contributed by atoms with Gasteiger partial charge in [-0.1, -0.05) is 0 Å². The number of hydrogen-bond acceptors (Lipinski definition) is 4. The largest absolute Gasteiger partial charge is 0.399 e. The highest BCUT2D eigenvalue weighted by Crippen LogP contribution is 2.21. The molecule has 6 nitrogen and oxygen atoms in total. The minimum atomic E-state index is -3.00. The molecule has 1 saturated heterocycles. The molecule has 1 amide bonds. The van der Waals surface area contributed by atoms with Crippen LogP contribution in [0.25, 0.3) is 10.9 Å². The van der Waals surface area contributed by atoms with E-state index in [9.17, 15) is 13.2 Å². The van der Waals surface area contributed by atoms with Crippen molar-refractivity contribution in [3.8, 4) is 0 Å². The van der Waals surface area contributed by atoms with Crippen molar-refractivity contribution in [3.05, 3.63) is 30.0 Å². The maximum absolute atomic E-state index is 12.2. The Bertz CT molecular complexity index is 779. The molecule has 1 atom stereocenters. The van der Waals surface area contributed by atoms with E-state index in [1.807, 2.05) is 0 Å². The van der Waals surface area contributed by atoms with Crippen LogP contribution in [0.3, 0.4) is 0 Å². The van der Waals surface area contributed by atoms with E-state index in [0.29, 0.717) is 17.7 Å². The van der Waals surface area contributed by atoms with Crippen LogP contribution >= 0.6 is 0 Å². The number of H-pyrrole nitrogens is 1. The maximum atomic E-state index is 12.2. The number of hydrogen-bond donors (Lipinski definition) is 3. The molecule has 20 heavy (non-hydrogen) atoms. The van der Waals surface area contributed by atoms with Gasteiger partial charge in [0.25, 0.3) is 5.91 Å². The van der Waals surface area contributed by atoms with Crippen LogP contribution in [0, 0.1) is 0 Å². The molecule has 1 aliphatic heterocycles. The molecule has 1 aromatic heterocycles. The summed E-state index contributed by atoms with van der Waals surface area (Å²) in [7, 11) is -3.00. The van der Waals surface area contributed by atoms with E-state index >= 15 is 0 Å². The number of amides is 1. The van der Waals surface area contributed by atoms with Gasteiger partial charge >= 0.3 is 0 Å². The molecule has 0 saturated carbocycles. The minimum absolute atomic E-state index is 0.0219. The number of benzene rings is 1. The number of fused-ring (bicyclic) bond motifs is 1. The zero-order valence-electron chi connectivity index (χ0n) is 10.7. The second kappa shape index (κ2) is 4.52. The topological polar surface area (TPSA) is 105 Å². The van der Waals surface area contributed by atoms with Crippen LogP contribution < -0.4 is 11.1 Å². The van der Waals surface area contributed by atoms with Crippen molar-refractivity contribution in [1.29, 1.82) is 0 Å². The highest BCUT2D eigenvalue weighted by molar-refractivity contribution is 7.91. The standard InChI is InChI=1S/C13H15N3O3S/c14-8-1-2-10-11(6-15-12(10)5-8)13(17)16-9-3-4-20(18,19)7-9/h1-2,5-6,9,15H,3-4,7,14H2,(H,16,17). The summed E-state index contributed by atoms with van der Waals surface area (Å²) in [5, 5.41) is 3.55. The molecule has 0 bridgehead atoms. The SMILES string of the molecule is Nc1ccc2c(C(=O)NC3CCS(=O)(=O)C3)c[nH]c2c1. The first kappa shape index (κ1) is 13.0. The van der Waals surface area contributed by atoms with Crippen molar-refractivity contribution in [2.24, 2.45) is 0 Å². The lowest BCUT2D eigenvalue weighted by Crippen LogP contribution is -2.35. The normalized spacial score (nSPS) is 21.1. The Morgan fingerprint density at radius 2 is 2.20 bits per heavy atom. The Kier molecular flexibility index (Phi) is 2.93. The molecule has 1 aromatic carbocycles. The van der Waals surface area contributed by atoms with E-state index in [4.69, 9.17) is 5.73 Å². The van der Waals surface area contributed by atoms with E-state index in [2.05, 4.69) is 10.3 Å². The Morgan fingerprint density at radius 3 is 2.90 bits per heavy atom. The number of carbonyl (C=O) groups excluding carboxylic acids is 1. The fraction of sp³-hybridized carbons (Fsp3) is 0.308. The zero-order chi connectivity index (χ0) is 14.3. The van der Waals surface area contributed by atoms with Crippen LogP contribution in [0.5, 0.6) is 0 Å². The van der Waals surface area contributed by atoms with Gasteiger partial charge in [0.05, 0.1) is 17.1 Å². The van der Waals surface area contributed by atoms with Gasteiger partial charge < -0.3 is 16.0 Å². The van der Waals surface area contributed by atoms with Gasteiger partial charge in [-0.05, 0) is 24.6 Å². The molecule has 0 spiro atoms. The average Bonchev–Trinajstić information content (AvgIpc) is 2.92. The maximum Gasteiger partial charge on any atom is 0.253 e. The minimum Gasteiger partial charge on any atom is -0.399 e. The van der Waals surface area contributed by atoms with Gasteiger partial charge in [0.2, 0.25) is 0 Å². The monoisotopic (exact) mass is 293 g/mol. The van der Waals surface area contributed by atoms with E-state index in [-0.39, 0.29) is 23.5 Å². The highest BCUT2D eigenvalue weighted by atomic mass is 32.2. The van der Waals surface area contributed by atoms with E-state index in [1.165, 1.54) is 0 Å². The number of carbonyl (C=O) groups is 1. The lowest BCUT2D eigenvalue weighted by molar-refractivity contribution is 0.0943. The van der Waals surface area contributed by atoms with Crippen LogP contribution in [0.1, 0.15) is 16.8 Å². The molecule has 0 radical (unpaired) electrons. The number of nitrogen functional groups attached to an aromatic ring is 1. The smallest absolute Gasteiger partial charge is 0.253 e. The fourth-order valence-corrected chi connectivity index (χ4v) is 4.18. The number of anilines is 1. The van der Waals surface area contributed by atoms with Gasteiger partial charge in [-0.2, -0.15) is 0 Å². The Balaban J connectivity index is 1.83. The van der Waals surface area contributed by atoms with E-state index < -0.39 is 9.84 Å².